The molecule has 0 aliphatic rings. The van der Waals surface area contributed by atoms with Crippen LogP contribution in [0.2, 0.25) is 0 Å². The Morgan fingerprint density at radius 3 is 2.45 bits per heavy atom. The Morgan fingerprint density at radius 2 is 1.77 bits per heavy atom. The SMILES string of the molecule is COc1cc(C)c(CN(C)C(=O)c2cccnc2SCc2ccc(F)cc2)cc1OC. The number of halogens is 1. The van der Waals surface area contributed by atoms with Gasteiger partial charge in [0.25, 0.3) is 5.91 Å². The first-order valence-corrected chi connectivity index (χ1v) is 10.7. The first kappa shape index (κ1) is 22.6. The van der Waals surface area contributed by atoms with Crippen LogP contribution in [0, 0.1) is 12.7 Å². The van der Waals surface area contributed by atoms with Crippen LogP contribution in [0.1, 0.15) is 27.0 Å². The standard InChI is InChI=1S/C24H25FN2O3S/c1-16-12-21(29-3)22(30-4)13-18(16)14-27(2)24(28)20-6-5-11-26-23(20)31-15-17-7-9-19(25)10-8-17/h5-13H,14-15H2,1-4H3. The van der Waals surface area contributed by atoms with Crippen LogP contribution >= 0.6 is 11.8 Å². The van der Waals surface area contributed by atoms with Crippen LogP contribution in [0.3, 0.4) is 0 Å². The third-order valence-corrected chi connectivity index (χ3v) is 5.96. The number of methoxy groups -OCH3 is 2. The van der Waals surface area contributed by atoms with Crippen molar-refractivity contribution in [2.45, 2.75) is 24.2 Å². The minimum atomic E-state index is -0.269. The highest BCUT2D eigenvalue weighted by atomic mass is 32.2. The van der Waals surface area contributed by atoms with Crippen LogP contribution in [-0.2, 0) is 12.3 Å². The molecule has 1 amide bonds. The quantitative estimate of drug-likeness (QED) is 0.456. The van der Waals surface area contributed by atoms with Gasteiger partial charge >= 0.3 is 0 Å². The monoisotopic (exact) mass is 440 g/mol. The Labute approximate surface area is 186 Å². The second kappa shape index (κ2) is 10.3. The molecule has 3 rings (SSSR count). The van der Waals surface area contributed by atoms with E-state index in [-0.39, 0.29) is 11.7 Å². The van der Waals surface area contributed by atoms with Crippen LogP contribution in [0.5, 0.6) is 11.5 Å². The van der Waals surface area contributed by atoms with Gasteiger partial charge in [-0.05, 0) is 60.0 Å². The number of benzene rings is 2. The van der Waals surface area contributed by atoms with E-state index in [2.05, 4.69) is 4.98 Å². The molecule has 2 aromatic carbocycles. The van der Waals surface area contributed by atoms with Crippen molar-refractivity contribution < 1.29 is 18.7 Å². The second-order valence-corrected chi connectivity index (χ2v) is 8.03. The first-order valence-electron chi connectivity index (χ1n) is 9.72. The van der Waals surface area contributed by atoms with Crippen LogP contribution < -0.4 is 9.47 Å². The Kier molecular flexibility index (Phi) is 7.52. The van der Waals surface area contributed by atoms with Crippen molar-refractivity contribution in [2.24, 2.45) is 0 Å². The Hall–Kier alpha value is -3.06. The molecule has 0 N–H and O–H groups in total. The molecule has 3 aromatic rings. The summed E-state index contributed by atoms with van der Waals surface area (Å²) in [6.07, 6.45) is 1.67. The van der Waals surface area contributed by atoms with E-state index in [0.29, 0.717) is 34.4 Å². The molecular weight excluding hydrogens is 415 g/mol. The van der Waals surface area contributed by atoms with Crippen molar-refractivity contribution in [2.75, 3.05) is 21.3 Å². The van der Waals surface area contributed by atoms with Crippen molar-refractivity contribution in [1.29, 1.82) is 0 Å². The molecular formula is C24H25FN2O3S. The topological polar surface area (TPSA) is 51.7 Å². The number of aromatic nitrogens is 1. The van der Waals surface area contributed by atoms with Gasteiger partial charge in [-0.15, -0.1) is 11.8 Å². The van der Waals surface area contributed by atoms with Crippen molar-refractivity contribution >= 4 is 17.7 Å². The summed E-state index contributed by atoms with van der Waals surface area (Å²) >= 11 is 1.45. The van der Waals surface area contributed by atoms with Gasteiger partial charge in [0.1, 0.15) is 10.8 Å². The Morgan fingerprint density at radius 1 is 1.10 bits per heavy atom. The molecule has 0 unspecified atom stereocenters. The molecule has 0 saturated heterocycles. The maximum atomic E-state index is 13.2. The van der Waals surface area contributed by atoms with Crippen molar-refractivity contribution in [3.05, 3.63) is 82.8 Å². The molecule has 0 saturated carbocycles. The molecule has 0 fully saturated rings. The highest BCUT2D eigenvalue weighted by Gasteiger charge is 2.19. The molecule has 7 heteroatoms. The summed E-state index contributed by atoms with van der Waals surface area (Å²) in [5, 5.41) is 0.646. The average Bonchev–Trinajstić information content (AvgIpc) is 2.79. The molecule has 0 atom stereocenters. The van der Waals surface area contributed by atoms with Gasteiger partial charge < -0.3 is 14.4 Å². The van der Waals surface area contributed by atoms with Gasteiger partial charge in [0.15, 0.2) is 11.5 Å². The fraction of sp³-hybridized carbons (Fsp3) is 0.250. The number of aryl methyl sites for hydroxylation is 1. The van der Waals surface area contributed by atoms with E-state index >= 15 is 0 Å². The smallest absolute Gasteiger partial charge is 0.256 e. The molecule has 0 aliphatic heterocycles. The number of hydrogen-bond acceptors (Lipinski definition) is 5. The number of carbonyl (C=O) groups excluding carboxylic acids is 1. The largest absolute Gasteiger partial charge is 0.493 e. The minimum absolute atomic E-state index is 0.121. The van der Waals surface area contributed by atoms with Crippen LogP contribution in [0.25, 0.3) is 0 Å². The zero-order valence-electron chi connectivity index (χ0n) is 18.0. The van der Waals surface area contributed by atoms with Crippen molar-refractivity contribution in [3.8, 4) is 11.5 Å². The molecule has 0 bridgehead atoms. The summed E-state index contributed by atoms with van der Waals surface area (Å²) in [5.41, 5.74) is 3.48. The number of carbonyl (C=O) groups is 1. The Bertz CT molecular complexity index is 1060. The van der Waals surface area contributed by atoms with Gasteiger partial charge in [-0.2, -0.15) is 0 Å². The lowest BCUT2D eigenvalue weighted by Crippen LogP contribution is -2.27. The van der Waals surface area contributed by atoms with Gasteiger partial charge in [-0.1, -0.05) is 12.1 Å². The summed E-state index contributed by atoms with van der Waals surface area (Å²) in [4.78, 5) is 19.2. The van der Waals surface area contributed by atoms with E-state index in [9.17, 15) is 9.18 Å². The van der Waals surface area contributed by atoms with E-state index < -0.39 is 0 Å². The van der Waals surface area contributed by atoms with E-state index in [1.54, 1.807) is 56.6 Å². The average molecular weight is 441 g/mol. The van der Waals surface area contributed by atoms with Crippen LogP contribution in [-0.4, -0.2) is 37.1 Å². The molecule has 0 radical (unpaired) electrons. The summed E-state index contributed by atoms with van der Waals surface area (Å²) in [6.45, 7) is 2.39. The molecule has 0 spiro atoms. The molecule has 5 nitrogen and oxygen atoms in total. The number of pyridine rings is 1. The maximum Gasteiger partial charge on any atom is 0.256 e. The predicted molar refractivity (Wildman–Crippen MR) is 120 cm³/mol. The lowest BCUT2D eigenvalue weighted by Gasteiger charge is -2.21. The van der Waals surface area contributed by atoms with E-state index in [4.69, 9.17) is 9.47 Å². The number of rotatable bonds is 8. The van der Waals surface area contributed by atoms with Crippen molar-refractivity contribution in [1.82, 2.24) is 9.88 Å². The summed E-state index contributed by atoms with van der Waals surface area (Å²) < 4.78 is 23.9. The zero-order chi connectivity index (χ0) is 22.4. The van der Waals surface area contributed by atoms with Gasteiger partial charge in [0, 0.05) is 25.5 Å². The predicted octanol–water partition coefficient (Wildman–Crippen LogP) is 5.11. The van der Waals surface area contributed by atoms with E-state index in [1.165, 1.54) is 23.9 Å². The molecule has 1 heterocycles. The summed E-state index contributed by atoms with van der Waals surface area (Å²) in [6, 6.07) is 13.7. The lowest BCUT2D eigenvalue weighted by molar-refractivity contribution is 0.0780. The summed E-state index contributed by atoms with van der Waals surface area (Å²) in [5.74, 6) is 1.49. The third kappa shape index (κ3) is 5.55. The number of hydrogen-bond donors (Lipinski definition) is 0. The molecule has 162 valence electrons. The fourth-order valence-corrected chi connectivity index (χ4v) is 4.07. The Balaban J connectivity index is 1.76. The lowest BCUT2D eigenvalue weighted by atomic mass is 10.1. The van der Waals surface area contributed by atoms with Gasteiger partial charge in [-0.25, -0.2) is 9.37 Å². The molecule has 31 heavy (non-hydrogen) atoms. The van der Waals surface area contributed by atoms with Crippen LogP contribution in [0.15, 0.2) is 59.8 Å². The van der Waals surface area contributed by atoms with Crippen molar-refractivity contribution in [3.63, 3.8) is 0 Å². The normalized spacial score (nSPS) is 10.6. The highest BCUT2D eigenvalue weighted by Crippen LogP contribution is 2.31. The molecule has 1 aromatic heterocycles. The minimum Gasteiger partial charge on any atom is -0.493 e. The second-order valence-electron chi connectivity index (χ2n) is 7.07. The number of nitrogens with zero attached hydrogens (tertiary/aromatic N) is 2. The van der Waals surface area contributed by atoms with Gasteiger partial charge in [-0.3, -0.25) is 4.79 Å². The maximum absolute atomic E-state index is 13.2. The van der Waals surface area contributed by atoms with Crippen LogP contribution in [0.4, 0.5) is 4.39 Å². The zero-order valence-corrected chi connectivity index (χ0v) is 18.8. The van der Waals surface area contributed by atoms with Gasteiger partial charge in [0.05, 0.1) is 19.8 Å². The highest BCUT2D eigenvalue weighted by molar-refractivity contribution is 7.98. The molecule has 0 aliphatic carbocycles. The number of ether oxygens (including phenoxy) is 2. The third-order valence-electron chi connectivity index (χ3n) is 4.89. The van der Waals surface area contributed by atoms with E-state index in [0.717, 1.165) is 16.7 Å². The first-order chi connectivity index (χ1) is 14.9. The summed E-state index contributed by atoms with van der Waals surface area (Å²) in [7, 11) is 4.95. The fourth-order valence-electron chi connectivity index (χ4n) is 3.13. The van der Waals surface area contributed by atoms with Gasteiger partial charge in [0.2, 0.25) is 0 Å². The number of thioether (sulfide) groups is 1. The van der Waals surface area contributed by atoms with E-state index in [1.807, 2.05) is 19.1 Å². The number of amides is 1.